The largest absolute Gasteiger partial charge is 0.263 e. The Kier molecular flexibility index (Phi) is 14.0. The van der Waals surface area contributed by atoms with E-state index in [9.17, 15) is 0 Å². The molecule has 1 aliphatic rings. The minimum atomic E-state index is 0. The molecule has 0 N–H and O–H groups in total. The molecule has 0 radical (unpaired) electrons. The summed E-state index contributed by atoms with van der Waals surface area (Å²) in [5.74, 6) is 0. The van der Waals surface area contributed by atoms with Gasteiger partial charge in [-0.05, 0) is 0 Å². The Morgan fingerprint density at radius 1 is 0.933 bits per heavy atom. The van der Waals surface area contributed by atoms with Gasteiger partial charge in [-0.25, -0.2) is 5.57 Å². The zero-order valence-corrected chi connectivity index (χ0v) is 13.8. The fourth-order valence-corrected chi connectivity index (χ4v) is 1.41. The van der Waals surface area contributed by atoms with E-state index in [0.29, 0.717) is 0 Å². The van der Waals surface area contributed by atoms with E-state index in [2.05, 4.69) is 63.9 Å². The van der Waals surface area contributed by atoms with Gasteiger partial charge in [0.15, 0.2) is 0 Å². The van der Waals surface area contributed by atoms with Gasteiger partial charge in [0.05, 0.1) is 0 Å². The molecule has 1 rings (SSSR count). The number of rotatable bonds is 0. The van der Waals surface area contributed by atoms with Crippen LogP contribution in [0.25, 0.3) is 0 Å². The van der Waals surface area contributed by atoms with Crippen molar-refractivity contribution in [2.75, 3.05) is 12.8 Å². The fourth-order valence-electron chi connectivity index (χ4n) is 1.41. The van der Waals surface area contributed by atoms with Gasteiger partial charge >= 0.3 is 0 Å². The third kappa shape index (κ3) is 6.17. The minimum Gasteiger partial charge on any atom is -0.263 e. The summed E-state index contributed by atoms with van der Waals surface area (Å²) in [5, 5.41) is 0. The Bertz CT molecular complexity index is 228. The Morgan fingerprint density at radius 2 is 1.27 bits per heavy atom. The average molecular weight is 284 g/mol. The molecule has 0 atom stereocenters. The monoisotopic (exact) mass is 283 g/mol. The van der Waals surface area contributed by atoms with Gasteiger partial charge in [-0.3, -0.25) is 6.08 Å². The smallest absolute Gasteiger partial charge is 0.0108 e. The number of allylic oxidation sites excluding steroid dienone is 4. The van der Waals surface area contributed by atoms with Crippen LogP contribution in [0.4, 0.5) is 0 Å². The van der Waals surface area contributed by atoms with Crippen molar-refractivity contribution in [3.05, 3.63) is 22.8 Å². The maximum Gasteiger partial charge on any atom is 0.0108 e. The van der Waals surface area contributed by atoms with Crippen molar-refractivity contribution in [1.82, 2.24) is 0 Å². The summed E-state index contributed by atoms with van der Waals surface area (Å²) in [6.45, 7) is 10.9. The van der Waals surface area contributed by atoms with Crippen LogP contribution in [0.5, 0.6) is 0 Å². The molecule has 88 valence electrons. The number of alkyl halides is 2. The van der Waals surface area contributed by atoms with Crippen molar-refractivity contribution >= 4 is 23.2 Å². The van der Waals surface area contributed by atoms with Crippen molar-refractivity contribution in [2.45, 2.75) is 34.6 Å². The van der Waals surface area contributed by atoms with Crippen LogP contribution >= 0.6 is 23.2 Å². The standard InChI is InChI=1S/C10H15.2CH3Cl.Ti/c1-7-6-10(4,5)9(3)8(7)2;2*1-2;/h1-5H3;2*1H3;/q-1;;;. The summed E-state index contributed by atoms with van der Waals surface area (Å²) in [5.41, 5.74) is 4.39. The Morgan fingerprint density at radius 3 is 1.33 bits per heavy atom. The molecule has 3 heteroatoms. The van der Waals surface area contributed by atoms with E-state index < -0.39 is 0 Å². The van der Waals surface area contributed by atoms with Crippen LogP contribution in [0.1, 0.15) is 34.6 Å². The topological polar surface area (TPSA) is 0 Å². The molecule has 0 spiro atoms. The molecule has 0 unspecified atom stereocenters. The van der Waals surface area contributed by atoms with Gasteiger partial charge in [0, 0.05) is 34.5 Å². The molecule has 0 saturated heterocycles. The van der Waals surface area contributed by atoms with Crippen molar-refractivity contribution in [3.63, 3.8) is 0 Å². The van der Waals surface area contributed by atoms with Gasteiger partial charge in [-0.1, -0.05) is 33.1 Å². The van der Waals surface area contributed by atoms with Crippen LogP contribution in [-0.2, 0) is 21.7 Å². The average Bonchev–Trinajstić information content (AvgIpc) is 2.36. The van der Waals surface area contributed by atoms with E-state index in [4.69, 9.17) is 0 Å². The van der Waals surface area contributed by atoms with Gasteiger partial charge in [0.1, 0.15) is 0 Å². The van der Waals surface area contributed by atoms with E-state index >= 15 is 0 Å². The van der Waals surface area contributed by atoms with E-state index in [0.717, 1.165) is 0 Å². The molecule has 0 aliphatic heterocycles. The first-order valence-corrected chi connectivity index (χ1v) is 6.02. The Balaban J connectivity index is -0.000000258. The molecule has 0 bridgehead atoms. The van der Waals surface area contributed by atoms with Crippen LogP contribution in [0, 0.1) is 11.5 Å². The van der Waals surface area contributed by atoms with Gasteiger partial charge < -0.3 is 0 Å². The van der Waals surface area contributed by atoms with Crippen LogP contribution in [0.3, 0.4) is 0 Å². The predicted octanol–water partition coefficient (Wildman–Crippen LogP) is 4.82. The molecule has 0 aromatic carbocycles. The summed E-state index contributed by atoms with van der Waals surface area (Å²) in [4.78, 5) is 0. The first-order valence-electron chi connectivity index (χ1n) is 4.51. The van der Waals surface area contributed by atoms with Gasteiger partial charge in [0.25, 0.3) is 0 Å². The maximum absolute atomic E-state index is 4.64. The third-order valence-electron chi connectivity index (χ3n) is 2.56. The van der Waals surface area contributed by atoms with Crippen LogP contribution in [0.2, 0.25) is 0 Å². The zero-order chi connectivity index (χ0) is 11.9. The second kappa shape index (κ2) is 9.96. The normalized spacial score (nSPS) is 16.5. The quantitative estimate of drug-likeness (QED) is 0.340. The van der Waals surface area contributed by atoms with Crippen molar-refractivity contribution in [1.29, 1.82) is 0 Å². The Labute approximate surface area is 120 Å². The minimum absolute atomic E-state index is 0. The van der Waals surface area contributed by atoms with E-state index in [-0.39, 0.29) is 27.1 Å². The summed E-state index contributed by atoms with van der Waals surface area (Å²) < 4.78 is 0. The molecule has 0 nitrogen and oxygen atoms in total. The van der Waals surface area contributed by atoms with Gasteiger partial charge in [-0.2, -0.15) is 11.1 Å². The molecule has 0 saturated carbocycles. The van der Waals surface area contributed by atoms with Crippen molar-refractivity contribution < 1.29 is 21.7 Å². The van der Waals surface area contributed by atoms with Crippen molar-refractivity contribution in [2.24, 2.45) is 5.41 Å². The van der Waals surface area contributed by atoms with E-state index in [1.165, 1.54) is 29.5 Å². The van der Waals surface area contributed by atoms with E-state index in [1.807, 2.05) is 0 Å². The molecular weight excluding hydrogens is 263 g/mol. The summed E-state index contributed by atoms with van der Waals surface area (Å²) >= 11 is 9.28. The SMILES string of the molecule is CC1=[C-]C(C)(C)C(C)=C1C.CCl.CCl.[Ti]. The van der Waals surface area contributed by atoms with Gasteiger partial charge in [0.2, 0.25) is 0 Å². The summed E-state index contributed by atoms with van der Waals surface area (Å²) in [6, 6.07) is 0. The first kappa shape index (κ1) is 21.1. The molecule has 0 fully saturated rings. The molecular formula is C12H21Cl2Ti-. The molecule has 0 aromatic heterocycles. The second-order valence-electron chi connectivity index (χ2n) is 3.62. The van der Waals surface area contributed by atoms with Crippen LogP contribution in [-0.4, -0.2) is 12.8 Å². The number of hydrogen-bond donors (Lipinski definition) is 0. The van der Waals surface area contributed by atoms with Crippen LogP contribution < -0.4 is 0 Å². The third-order valence-corrected chi connectivity index (χ3v) is 2.56. The molecule has 15 heavy (non-hydrogen) atoms. The number of hydrogen-bond acceptors (Lipinski definition) is 0. The van der Waals surface area contributed by atoms with Crippen molar-refractivity contribution in [3.8, 4) is 0 Å². The zero-order valence-electron chi connectivity index (χ0n) is 10.8. The Hall–Kier alpha value is 0.774. The fraction of sp³-hybridized carbons (Fsp3) is 0.667. The first-order chi connectivity index (χ1) is 6.45. The summed E-state index contributed by atoms with van der Waals surface area (Å²) in [6.07, 6.45) is 6.38. The molecule has 0 aromatic rings. The molecule has 1 aliphatic carbocycles. The number of halogens is 2. The predicted molar refractivity (Wildman–Crippen MR) is 68.1 cm³/mol. The van der Waals surface area contributed by atoms with Crippen LogP contribution in [0.15, 0.2) is 16.7 Å². The summed E-state index contributed by atoms with van der Waals surface area (Å²) in [7, 11) is 0. The van der Waals surface area contributed by atoms with Gasteiger partial charge in [-0.15, -0.1) is 30.1 Å². The second-order valence-corrected chi connectivity index (χ2v) is 3.62. The molecule has 0 heterocycles. The molecule has 0 amide bonds. The maximum atomic E-state index is 4.64. The van der Waals surface area contributed by atoms with E-state index in [1.54, 1.807) is 0 Å².